The Morgan fingerprint density at radius 1 is 1.19 bits per heavy atom. The summed E-state index contributed by atoms with van der Waals surface area (Å²) in [5, 5.41) is 10.3. The van der Waals surface area contributed by atoms with Gasteiger partial charge in [0.1, 0.15) is 11.4 Å². The molecule has 0 radical (unpaired) electrons. The van der Waals surface area contributed by atoms with Crippen LogP contribution in [0.5, 0.6) is 0 Å². The summed E-state index contributed by atoms with van der Waals surface area (Å²) in [5.74, 6) is -0.414. The van der Waals surface area contributed by atoms with Gasteiger partial charge in [-0.15, -0.1) is 0 Å². The molecule has 1 aromatic carbocycles. The minimum atomic E-state index is -0.942. The van der Waals surface area contributed by atoms with Gasteiger partial charge in [-0.3, -0.25) is 0 Å². The second kappa shape index (κ2) is 6.54. The molecule has 0 unspecified atom stereocenters. The highest BCUT2D eigenvalue weighted by molar-refractivity contribution is 5.98. The molecule has 0 spiro atoms. The summed E-state index contributed by atoms with van der Waals surface area (Å²) in [6, 6.07) is 9.27. The van der Waals surface area contributed by atoms with Crippen molar-refractivity contribution in [1.82, 2.24) is 9.88 Å². The molecule has 2 aromatic rings. The van der Waals surface area contributed by atoms with Gasteiger partial charge in [0.05, 0.1) is 5.52 Å². The monoisotopic (exact) mass is 287 g/mol. The SMILES string of the molecule is CN(C)CCCN(C)c1nc2ccccc2cc1C(=O)O. The average molecular weight is 287 g/mol. The second-order valence-electron chi connectivity index (χ2n) is 5.44. The zero-order chi connectivity index (χ0) is 15.4. The molecule has 0 fully saturated rings. The van der Waals surface area contributed by atoms with Crippen LogP contribution in [0, 0.1) is 0 Å². The van der Waals surface area contributed by atoms with Gasteiger partial charge in [0, 0.05) is 19.0 Å². The largest absolute Gasteiger partial charge is 0.478 e. The second-order valence-corrected chi connectivity index (χ2v) is 5.44. The maximum absolute atomic E-state index is 11.5. The Labute approximate surface area is 124 Å². The number of rotatable bonds is 6. The van der Waals surface area contributed by atoms with Gasteiger partial charge in [-0.2, -0.15) is 0 Å². The standard InChI is InChI=1S/C16H21N3O2/c1-18(2)9-6-10-19(3)15-13(16(20)21)11-12-7-4-5-8-14(12)17-15/h4-5,7-8,11H,6,9-10H2,1-3H3,(H,20,21). The van der Waals surface area contributed by atoms with Crippen molar-refractivity contribution in [2.45, 2.75) is 6.42 Å². The van der Waals surface area contributed by atoms with Gasteiger partial charge in [-0.25, -0.2) is 9.78 Å². The van der Waals surface area contributed by atoms with E-state index >= 15 is 0 Å². The molecule has 1 aromatic heterocycles. The summed E-state index contributed by atoms with van der Waals surface area (Å²) in [4.78, 5) is 20.0. The van der Waals surface area contributed by atoms with Gasteiger partial charge in [0.2, 0.25) is 0 Å². The Bertz CT molecular complexity index is 640. The molecule has 2 rings (SSSR count). The first-order valence-corrected chi connectivity index (χ1v) is 6.98. The summed E-state index contributed by atoms with van der Waals surface area (Å²) in [6.45, 7) is 1.73. The van der Waals surface area contributed by atoms with Crippen LogP contribution in [0.25, 0.3) is 10.9 Å². The lowest BCUT2D eigenvalue weighted by Crippen LogP contribution is -2.25. The Hall–Kier alpha value is -2.14. The van der Waals surface area contributed by atoms with E-state index in [9.17, 15) is 9.90 Å². The average Bonchev–Trinajstić information content (AvgIpc) is 2.45. The highest BCUT2D eigenvalue weighted by Crippen LogP contribution is 2.23. The third-order valence-electron chi connectivity index (χ3n) is 3.39. The number of aromatic nitrogens is 1. The Morgan fingerprint density at radius 3 is 2.57 bits per heavy atom. The molecule has 0 atom stereocenters. The van der Waals surface area contributed by atoms with Crippen LogP contribution in [-0.2, 0) is 0 Å². The van der Waals surface area contributed by atoms with E-state index in [0.717, 1.165) is 30.4 Å². The molecule has 0 saturated heterocycles. The molecule has 0 aliphatic heterocycles. The summed E-state index contributed by atoms with van der Waals surface area (Å²) >= 11 is 0. The number of hydrogen-bond donors (Lipinski definition) is 1. The van der Waals surface area contributed by atoms with Crippen LogP contribution < -0.4 is 4.90 Å². The van der Waals surface area contributed by atoms with Crippen LogP contribution >= 0.6 is 0 Å². The molecule has 0 aliphatic rings. The van der Waals surface area contributed by atoms with Crippen LogP contribution in [-0.4, -0.2) is 55.2 Å². The highest BCUT2D eigenvalue weighted by atomic mass is 16.4. The number of hydrogen-bond acceptors (Lipinski definition) is 4. The Kier molecular flexibility index (Phi) is 4.75. The van der Waals surface area contributed by atoms with Crippen molar-refractivity contribution < 1.29 is 9.90 Å². The maximum Gasteiger partial charge on any atom is 0.339 e. The zero-order valence-corrected chi connectivity index (χ0v) is 12.7. The predicted octanol–water partition coefficient (Wildman–Crippen LogP) is 2.32. The van der Waals surface area contributed by atoms with Crippen molar-refractivity contribution in [3.05, 3.63) is 35.9 Å². The first-order chi connectivity index (χ1) is 9.99. The number of fused-ring (bicyclic) bond motifs is 1. The van der Waals surface area contributed by atoms with Gasteiger partial charge in [-0.1, -0.05) is 18.2 Å². The van der Waals surface area contributed by atoms with Crippen LogP contribution in [0.15, 0.2) is 30.3 Å². The van der Waals surface area contributed by atoms with Gasteiger partial charge in [0.15, 0.2) is 0 Å². The number of carboxylic acids is 1. The van der Waals surface area contributed by atoms with Gasteiger partial charge in [-0.05, 0) is 39.2 Å². The third kappa shape index (κ3) is 3.70. The van der Waals surface area contributed by atoms with Crippen molar-refractivity contribution in [2.24, 2.45) is 0 Å². The minimum Gasteiger partial charge on any atom is -0.478 e. The van der Waals surface area contributed by atoms with Crippen LogP contribution in [0.3, 0.4) is 0 Å². The van der Waals surface area contributed by atoms with E-state index in [2.05, 4.69) is 9.88 Å². The van der Waals surface area contributed by atoms with Crippen LogP contribution in [0.1, 0.15) is 16.8 Å². The van der Waals surface area contributed by atoms with E-state index < -0.39 is 5.97 Å². The lowest BCUT2D eigenvalue weighted by Gasteiger charge is -2.21. The lowest BCUT2D eigenvalue weighted by molar-refractivity contribution is 0.0697. The van der Waals surface area contributed by atoms with Gasteiger partial charge < -0.3 is 14.9 Å². The molecule has 0 amide bonds. The topological polar surface area (TPSA) is 56.7 Å². The maximum atomic E-state index is 11.5. The number of pyridine rings is 1. The van der Waals surface area contributed by atoms with E-state index in [1.165, 1.54) is 0 Å². The summed E-state index contributed by atoms with van der Waals surface area (Å²) in [5.41, 5.74) is 1.07. The highest BCUT2D eigenvalue weighted by Gasteiger charge is 2.16. The van der Waals surface area contributed by atoms with E-state index in [4.69, 9.17) is 0 Å². The lowest BCUT2D eigenvalue weighted by atomic mass is 10.1. The van der Waals surface area contributed by atoms with E-state index in [1.807, 2.05) is 50.3 Å². The van der Waals surface area contributed by atoms with Crippen LogP contribution in [0.2, 0.25) is 0 Å². The van der Waals surface area contributed by atoms with E-state index in [-0.39, 0.29) is 5.56 Å². The van der Waals surface area contributed by atoms with Gasteiger partial charge in [0.25, 0.3) is 0 Å². The number of aromatic carboxylic acids is 1. The quantitative estimate of drug-likeness (QED) is 0.883. The summed E-state index contributed by atoms with van der Waals surface area (Å²) < 4.78 is 0. The molecule has 1 heterocycles. The molecular weight excluding hydrogens is 266 g/mol. The Morgan fingerprint density at radius 2 is 1.90 bits per heavy atom. The summed E-state index contributed by atoms with van der Waals surface area (Å²) in [6.07, 6.45) is 0.955. The minimum absolute atomic E-state index is 0.251. The fraction of sp³-hybridized carbons (Fsp3) is 0.375. The number of nitrogens with zero attached hydrogens (tertiary/aromatic N) is 3. The summed E-state index contributed by atoms with van der Waals surface area (Å²) in [7, 11) is 5.94. The van der Waals surface area contributed by atoms with Crippen molar-refractivity contribution in [3.8, 4) is 0 Å². The number of carboxylic acid groups (broad SMARTS) is 1. The first kappa shape index (κ1) is 15.3. The molecule has 1 N–H and O–H groups in total. The van der Waals surface area contributed by atoms with Crippen molar-refractivity contribution in [1.29, 1.82) is 0 Å². The normalized spacial score (nSPS) is 11.0. The van der Waals surface area contributed by atoms with Crippen LogP contribution in [0.4, 0.5) is 5.82 Å². The molecule has 0 aliphatic carbocycles. The van der Waals surface area contributed by atoms with E-state index in [1.54, 1.807) is 6.07 Å². The van der Waals surface area contributed by atoms with Crippen molar-refractivity contribution in [3.63, 3.8) is 0 Å². The molecule has 5 heteroatoms. The predicted molar refractivity (Wildman–Crippen MR) is 85.1 cm³/mol. The number of para-hydroxylation sites is 1. The molecule has 21 heavy (non-hydrogen) atoms. The molecular formula is C16H21N3O2. The van der Waals surface area contributed by atoms with E-state index in [0.29, 0.717) is 5.82 Å². The fourth-order valence-corrected chi connectivity index (χ4v) is 2.28. The van der Waals surface area contributed by atoms with Gasteiger partial charge >= 0.3 is 5.97 Å². The molecule has 0 bridgehead atoms. The number of benzene rings is 1. The zero-order valence-electron chi connectivity index (χ0n) is 12.7. The molecule has 112 valence electrons. The number of anilines is 1. The first-order valence-electron chi connectivity index (χ1n) is 6.98. The third-order valence-corrected chi connectivity index (χ3v) is 3.39. The molecule has 5 nitrogen and oxygen atoms in total. The van der Waals surface area contributed by atoms with Crippen molar-refractivity contribution in [2.75, 3.05) is 39.1 Å². The number of carbonyl (C=O) groups is 1. The fourth-order valence-electron chi connectivity index (χ4n) is 2.28. The smallest absolute Gasteiger partial charge is 0.339 e. The Balaban J connectivity index is 2.31. The molecule has 0 saturated carbocycles. The van der Waals surface area contributed by atoms with Crippen molar-refractivity contribution >= 4 is 22.7 Å².